The minimum absolute atomic E-state index is 0.0326. The van der Waals surface area contributed by atoms with Gasteiger partial charge >= 0.3 is 0 Å². The summed E-state index contributed by atoms with van der Waals surface area (Å²) in [6, 6.07) is 12.2. The van der Waals surface area contributed by atoms with E-state index >= 15 is 0 Å². The van der Waals surface area contributed by atoms with E-state index in [-0.39, 0.29) is 17.1 Å². The number of hydrogen-bond acceptors (Lipinski definition) is 7. The van der Waals surface area contributed by atoms with Crippen LogP contribution in [0.3, 0.4) is 0 Å². The van der Waals surface area contributed by atoms with Gasteiger partial charge in [0, 0.05) is 25.2 Å². The molecule has 0 saturated heterocycles. The molecule has 1 aromatic heterocycles. The molecule has 2 aromatic carbocycles. The number of nitrogens with zero attached hydrogens (tertiary/aromatic N) is 3. The minimum Gasteiger partial charge on any atom is -0.367 e. The van der Waals surface area contributed by atoms with E-state index in [0.717, 1.165) is 23.2 Å². The lowest BCUT2D eigenvalue weighted by Gasteiger charge is -2.10. The van der Waals surface area contributed by atoms with Crippen LogP contribution in [-0.4, -0.2) is 36.4 Å². The fourth-order valence-electron chi connectivity index (χ4n) is 2.45. The minimum atomic E-state index is -3.75. The number of sulfonamides is 1. The lowest BCUT2D eigenvalue weighted by atomic mass is 10.3. The molecule has 0 unspecified atom stereocenters. The molecule has 2 N–H and O–H groups in total. The van der Waals surface area contributed by atoms with E-state index in [1.165, 1.54) is 12.1 Å². The second-order valence-electron chi connectivity index (χ2n) is 5.72. The van der Waals surface area contributed by atoms with Crippen molar-refractivity contribution in [1.29, 1.82) is 0 Å². The molecular formula is C17H17N5O4S. The van der Waals surface area contributed by atoms with Crippen molar-refractivity contribution in [3.05, 3.63) is 64.3 Å². The fraction of sp³-hybridized carbons (Fsp3) is 0.176. The second-order valence-corrected chi connectivity index (χ2v) is 7.49. The van der Waals surface area contributed by atoms with Crippen LogP contribution in [0.25, 0.3) is 11.0 Å². The van der Waals surface area contributed by atoms with Gasteiger partial charge in [-0.15, -0.1) is 0 Å². The predicted octanol–water partition coefficient (Wildman–Crippen LogP) is 2.24. The number of rotatable bonds is 7. The average Bonchev–Trinajstić information content (AvgIpc) is 2.65. The van der Waals surface area contributed by atoms with Crippen molar-refractivity contribution < 1.29 is 13.3 Å². The maximum Gasteiger partial charge on any atom is 0.269 e. The van der Waals surface area contributed by atoms with Gasteiger partial charge in [-0.25, -0.2) is 23.1 Å². The summed E-state index contributed by atoms with van der Waals surface area (Å²) in [7, 11) is -3.75. The van der Waals surface area contributed by atoms with Gasteiger partial charge in [0.1, 0.15) is 5.82 Å². The van der Waals surface area contributed by atoms with Crippen molar-refractivity contribution in [2.45, 2.75) is 11.8 Å². The van der Waals surface area contributed by atoms with E-state index in [2.05, 4.69) is 20.0 Å². The summed E-state index contributed by atoms with van der Waals surface area (Å²) < 4.78 is 26.9. The number of non-ortho nitro benzene ring substituents is 1. The van der Waals surface area contributed by atoms with Crippen molar-refractivity contribution in [2.75, 3.05) is 18.4 Å². The van der Waals surface area contributed by atoms with Crippen molar-refractivity contribution in [2.24, 2.45) is 0 Å². The summed E-state index contributed by atoms with van der Waals surface area (Å²) >= 11 is 0. The largest absolute Gasteiger partial charge is 0.367 e. The molecule has 0 amide bonds. The monoisotopic (exact) mass is 387 g/mol. The van der Waals surface area contributed by atoms with E-state index in [1.807, 2.05) is 31.2 Å². The molecule has 0 atom stereocenters. The third kappa shape index (κ3) is 4.36. The molecule has 1 heterocycles. The zero-order valence-corrected chi connectivity index (χ0v) is 15.2. The molecule has 0 saturated carbocycles. The molecular weight excluding hydrogens is 370 g/mol. The predicted molar refractivity (Wildman–Crippen MR) is 101 cm³/mol. The SMILES string of the molecule is Cc1nc2ccccc2nc1NCCNS(=O)(=O)c1ccc([N+](=O)[O-])cc1. The van der Waals surface area contributed by atoms with Crippen LogP contribution in [0.2, 0.25) is 0 Å². The Bertz CT molecular complexity index is 1080. The number of hydrogen-bond donors (Lipinski definition) is 2. The zero-order valence-electron chi connectivity index (χ0n) is 14.4. The maximum atomic E-state index is 12.2. The lowest BCUT2D eigenvalue weighted by Crippen LogP contribution is -2.29. The third-order valence-electron chi connectivity index (χ3n) is 3.81. The summed E-state index contributed by atoms with van der Waals surface area (Å²) in [6.07, 6.45) is 0. The molecule has 3 rings (SSSR count). The van der Waals surface area contributed by atoms with Gasteiger partial charge < -0.3 is 5.32 Å². The Morgan fingerprint density at radius 3 is 2.26 bits per heavy atom. The van der Waals surface area contributed by atoms with Crippen LogP contribution in [0.4, 0.5) is 11.5 Å². The number of nitro groups is 1. The average molecular weight is 387 g/mol. The van der Waals surface area contributed by atoms with E-state index in [9.17, 15) is 18.5 Å². The number of para-hydroxylation sites is 2. The van der Waals surface area contributed by atoms with Crippen molar-refractivity contribution >= 4 is 32.6 Å². The molecule has 0 spiro atoms. The zero-order chi connectivity index (χ0) is 19.4. The highest BCUT2D eigenvalue weighted by molar-refractivity contribution is 7.89. The molecule has 3 aromatic rings. The van der Waals surface area contributed by atoms with Gasteiger partial charge in [0.25, 0.3) is 5.69 Å². The Labute approximate surface area is 155 Å². The normalized spacial score (nSPS) is 11.4. The Hall–Kier alpha value is -3.11. The molecule has 0 bridgehead atoms. The number of fused-ring (bicyclic) bond motifs is 1. The first-order chi connectivity index (χ1) is 12.9. The van der Waals surface area contributed by atoms with Crippen LogP contribution < -0.4 is 10.0 Å². The number of nitrogens with one attached hydrogen (secondary N) is 2. The first-order valence-electron chi connectivity index (χ1n) is 8.08. The number of aryl methyl sites for hydroxylation is 1. The Kier molecular flexibility index (Phi) is 5.28. The van der Waals surface area contributed by atoms with Crippen LogP contribution in [0, 0.1) is 17.0 Å². The van der Waals surface area contributed by atoms with Gasteiger partial charge in [-0.05, 0) is 31.2 Å². The van der Waals surface area contributed by atoms with E-state index in [0.29, 0.717) is 18.1 Å². The molecule has 140 valence electrons. The maximum absolute atomic E-state index is 12.2. The van der Waals surface area contributed by atoms with Gasteiger partial charge in [-0.3, -0.25) is 10.1 Å². The Morgan fingerprint density at radius 2 is 1.63 bits per heavy atom. The van der Waals surface area contributed by atoms with E-state index in [4.69, 9.17) is 0 Å². The van der Waals surface area contributed by atoms with Crippen LogP contribution in [-0.2, 0) is 10.0 Å². The summed E-state index contributed by atoms with van der Waals surface area (Å²) in [6.45, 7) is 2.25. The van der Waals surface area contributed by atoms with Crippen LogP contribution in [0.1, 0.15) is 5.69 Å². The third-order valence-corrected chi connectivity index (χ3v) is 5.29. The van der Waals surface area contributed by atoms with Crippen molar-refractivity contribution in [3.8, 4) is 0 Å². The molecule has 0 fully saturated rings. The van der Waals surface area contributed by atoms with Gasteiger partial charge in [-0.2, -0.15) is 0 Å². The van der Waals surface area contributed by atoms with Gasteiger partial charge in [-0.1, -0.05) is 12.1 Å². The highest BCUT2D eigenvalue weighted by Gasteiger charge is 2.15. The molecule has 0 aliphatic heterocycles. The molecule has 27 heavy (non-hydrogen) atoms. The van der Waals surface area contributed by atoms with Crippen molar-refractivity contribution in [3.63, 3.8) is 0 Å². The quantitative estimate of drug-likeness (QED) is 0.361. The highest BCUT2D eigenvalue weighted by Crippen LogP contribution is 2.16. The van der Waals surface area contributed by atoms with Crippen LogP contribution in [0.5, 0.6) is 0 Å². The van der Waals surface area contributed by atoms with E-state index < -0.39 is 14.9 Å². The number of benzene rings is 2. The smallest absolute Gasteiger partial charge is 0.269 e. The lowest BCUT2D eigenvalue weighted by molar-refractivity contribution is -0.384. The van der Waals surface area contributed by atoms with Gasteiger partial charge in [0.2, 0.25) is 10.0 Å². The number of aromatic nitrogens is 2. The first-order valence-corrected chi connectivity index (χ1v) is 9.56. The molecule has 0 aliphatic carbocycles. The molecule has 0 radical (unpaired) electrons. The summed E-state index contributed by atoms with van der Waals surface area (Å²) in [5.74, 6) is 0.586. The molecule has 9 nitrogen and oxygen atoms in total. The number of anilines is 1. The Balaban J connectivity index is 1.61. The molecule has 0 aliphatic rings. The van der Waals surface area contributed by atoms with Gasteiger partial charge in [0.05, 0.1) is 26.5 Å². The second kappa shape index (κ2) is 7.64. The standard InChI is InChI=1S/C17H17N5O4S/c1-12-17(21-16-5-3-2-4-15(16)20-12)18-10-11-19-27(25,26)14-8-6-13(7-9-14)22(23)24/h2-9,19H,10-11H2,1H3,(H,18,21). The summed E-state index contributed by atoms with van der Waals surface area (Å²) in [5, 5.41) is 13.7. The first kappa shape index (κ1) is 18.7. The van der Waals surface area contributed by atoms with Crippen LogP contribution in [0.15, 0.2) is 53.4 Å². The van der Waals surface area contributed by atoms with Crippen molar-refractivity contribution in [1.82, 2.24) is 14.7 Å². The van der Waals surface area contributed by atoms with E-state index in [1.54, 1.807) is 0 Å². The fourth-order valence-corrected chi connectivity index (χ4v) is 3.48. The number of nitro benzene ring substituents is 1. The van der Waals surface area contributed by atoms with Crippen LogP contribution >= 0.6 is 0 Å². The Morgan fingerprint density at radius 1 is 1.00 bits per heavy atom. The summed E-state index contributed by atoms with van der Waals surface area (Å²) in [4.78, 5) is 19.0. The summed E-state index contributed by atoms with van der Waals surface area (Å²) in [5.41, 5.74) is 2.09. The highest BCUT2D eigenvalue weighted by atomic mass is 32.2. The van der Waals surface area contributed by atoms with Gasteiger partial charge in [0.15, 0.2) is 0 Å². The topological polar surface area (TPSA) is 127 Å². The molecule has 10 heteroatoms.